The first-order valence-electron chi connectivity index (χ1n) is 6.30. The number of nitrogens with one attached hydrogen (secondary N) is 1. The molecule has 1 aromatic carbocycles. The summed E-state index contributed by atoms with van der Waals surface area (Å²) in [4.78, 5) is 5.17. The number of ether oxygens (including phenoxy) is 1. The fraction of sp³-hybridized carbons (Fsp3) is 0.357. The van der Waals surface area contributed by atoms with Gasteiger partial charge in [0.15, 0.2) is 5.13 Å². The molecular formula is C14H20ClN3OS. The molecule has 4 nitrogen and oxygen atoms in total. The highest BCUT2D eigenvalue weighted by molar-refractivity contribution is 7.15. The van der Waals surface area contributed by atoms with Gasteiger partial charge >= 0.3 is 0 Å². The molecule has 20 heavy (non-hydrogen) atoms. The molecule has 0 fully saturated rings. The predicted molar refractivity (Wildman–Crippen MR) is 86.5 cm³/mol. The van der Waals surface area contributed by atoms with Crippen molar-refractivity contribution < 1.29 is 4.74 Å². The van der Waals surface area contributed by atoms with Crippen molar-refractivity contribution in [2.75, 3.05) is 5.73 Å². The topological polar surface area (TPSA) is 60.2 Å². The molecule has 1 aromatic heterocycles. The van der Waals surface area contributed by atoms with Crippen LogP contribution in [0.4, 0.5) is 5.13 Å². The first kappa shape index (κ1) is 16.8. The van der Waals surface area contributed by atoms with E-state index in [9.17, 15) is 0 Å². The van der Waals surface area contributed by atoms with Crippen LogP contribution in [0.3, 0.4) is 0 Å². The minimum atomic E-state index is 0. The Labute approximate surface area is 129 Å². The summed E-state index contributed by atoms with van der Waals surface area (Å²) in [6.07, 6.45) is 2.02. The van der Waals surface area contributed by atoms with E-state index >= 15 is 0 Å². The summed E-state index contributed by atoms with van der Waals surface area (Å²) < 4.78 is 5.60. The molecule has 2 rings (SSSR count). The molecule has 0 aliphatic heterocycles. The zero-order valence-electron chi connectivity index (χ0n) is 11.6. The molecule has 0 aliphatic carbocycles. The average Bonchev–Trinajstić information content (AvgIpc) is 2.77. The lowest BCUT2D eigenvalue weighted by Crippen LogP contribution is -2.11. The van der Waals surface area contributed by atoms with E-state index in [1.165, 1.54) is 16.9 Å². The quantitative estimate of drug-likeness (QED) is 0.859. The van der Waals surface area contributed by atoms with Crippen molar-refractivity contribution in [2.24, 2.45) is 0 Å². The van der Waals surface area contributed by atoms with Crippen LogP contribution < -0.4 is 15.8 Å². The third-order valence-corrected chi connectivity index (χ3v) is 3.32. The van der Waals surface area contributed by atoms with Gasteiger partial charge in [0, 0.05) is 24.2 Å². The maximum Gasteiger partial charge on any atom is 0.180 e. The summed E-state index contributed by atoms with van der Waals surface area (Å²) in [5.41, 5.74) is 6.81. The second kappa shape index (κ2) is 8.09. The van der Waals surface area contributed by atoms with E-state index < -0.39 is 0 Å². The summed E-state index contributed by atoms with van der Waals surface area (Å²) in [6.45, 7) is 5.66. The van der Waals surface area contributed by atoms with Gasteiger partial charge in [-0.15, -0.1) is 23.7 Å². The Hall–Kier alpha value is -1.30. The average molecular weight is 314 g/mol. The van der Waals surface area contributed by atoms with Crippen molar-refractivity contribution in [3.05, 3.63) is 40.9 Å². The predicted octanol–water partition coefficient (Wildman–Crippen LogP) is 3.22. The molecule has 3 N–H and O–H groups in total. The lowest BCUT2D eigenvalue weighted by atomic mass is 10.2. The number of anilines is 1. The van der Waals surface area contributed by atoms with Gasteiger partial charge in [-0.25, -0.2) is 4.98 Å². The van der Waals surface area contributed by atoms with Crippen LogP contribution in [0.1, 0.15) is 24.3 Å². The highest BCUT2D eigenvalue weighted by Crippen LogP contribution is 2.15. The Bertz CT molecular complexity index is 513. The van der Waals surface area contributed by atoms with Gasteiger partial charge in [-0.2, -0.15) is 0 Å². The smallest absolute Gasteiger partial charge is 0.180 e. The third-order valence-electron chi connectivity index (χ3n) is 2.49. The summed E-state index contributed by atoms with van der Waals surface area (Å²) in [6, 6.07) is 8.15. The van der Waals surface area contributed by atoms with Crippen LogP contribution in [0.25, 0.3) is 0 Å². The number of benzene rings is 1. The Morgan fingerprint density at radius 1 is 1.25 bits per heavy atom. The second-order valence-electron chi connectivity index (χ2n) is 4.58. The monoisotopic (exact) mass is 313 g/mol. The Morgan fingerprint density at radius 3 is 2.50 bits per heavy atom. The standard InChI is InChI=1S/C14H19N3OS.ClH/c1-10(2)18-12-5-3-11(4-6-12)7-16-8-13-9-17-14(15)19-13;/h3-6,9-10,16H,7-8H2,1-2H3,(H2,15,17);1H. The number of rotatable bonds is 6. The molecule has 2 aromatic rings. The van der Waals surface area contributed by atoms with E-state index in [1.807, 2.05) is 32.2 Å². The van der Waals surface area contributed by atoms with E-state index in [4.69, 9.17) is 10.5 Å². The van der Waals surface area contributed by atoms with Gasteiger partial charge in [0.25, 0.3) is 0 Å². The lowest BCUT2D eigenvalue weighted by Gasteiger charge is -2.10. The molecule has 0 atom stereocenters. The van der Waals surface area contributed by atoms with Crippen molar-refractivity contribution in [3.63, 3.8) is 0 Å². The van der Waals surface area contributed by atoms with Crippen molar-refractivity contribution in [2.45, 2.75) is 33.0 Å². The third kappa shape index (κ3) is 5.36. The molecule has 0 bridgehead atoms. The van der Waals surface area contributed by atoms with Crippen molar-refractivity contribution >= 4 is 28.9 Å². The number of thiazole rings is 1. The SMILES string of the molecule is CC(C)Oc1ccc(CNCc2cnc(N)s2)cc1.Cl. The molecular weight excluding hydrogens is 294 g/mol. The number of nitrogen functional groups attached to an aromatic ring is 1. The lowest BCUT2D eigenvalue weighted by molar-refractivity contribution is 0.242. The molecule has 6 heteroatoms. The van der Waals surface area contributed by atoms with Gasteiger partial charge < -0.3 is 15.8 Å². The van der Waals surface area contributed by atoms with Gasteiger partial charge in [0.05, 0.1) is 6.10 Å². The van der Waals surface area contributed by atoms with Crippen molar-refractivity contribution in [3.8, 4) is 5.75 Å². The normalized spacial score (nSPS) is 10.3. The minimum Gasteiger partial charge on any atom is -0.491 e. The molecule has 0 saturated heterocycles. The molecule has 0 unspecified atom stereocenters. The first-order chi connectivity index (χ1) is 9.13. The van der Waals surface area contributed by atoms with Gasteiger partial charge in [0.1, 0.15) is 5.75 Å². The van der Waals surface area contributed by atoms with E-state index in [0.717, 1.165) is 23.7 Å². The molecule has 110 valence electrons. The number of nitrogens with two attached hydrogens (primary N) is 1. The Kier molecular flexibility index (Phi) is 6.78. The number of aromatic nitrogens is 1. The van der Waals surface area contributed by atoms with Crippen LogP contribution in [0.15, 0.2) is 30.5 Å². The maximum absolute atomic E-state index is 5.60. The molecule has 0 aliphatic rings. The number of hydrogen-bond donors (Lipinski definition) is 2. The molecule has 1 heterocycles. The Morgan fingerprint density at radius 2 is 1.95 bits per heavy atom. The van der Waals surface area contributed by atoms with Gasteiger partial charge in [0.2, 0.25) is 0 Å². The molecule has 0 amide bonds. The van der Waals surface area contributed by atoms with Crippen LogP contribution in [-0.2, 0) is 13.1 Å². The largest absolute Gasteiger partial charge is 0.491 e. The van der Waals surface area contributed by atoms with Crippen LogP contribution in [0.5, 0.6) is 5.75 Å². The fourth-order valence-corrected chi connectivity index (χ4v) is 2.35. The minimum absolute atomic E-state index is 0. The van der Waals surface area contributed by atoms with Crippen molar-refractivity contribution in [1.29, 1.82) is 0 Å². The molecule has 0 radical (unpaired) electrons. The zero-order valence-corrected chi connectivity index (χ0v) is 13.3. The van der Waals surface area contributed by atoms with Gasteiger partial charge in [-0.1, -0.05) is 12.1 Å². The zero-order chi connectivity index (χ0) is 13.7. The van der Waals surface area contributed by atoms with Crippen LogP contribution in [0, 0.1) is 0 Å². The van der Waals surface area contributed by atoms with E-state index in [1.54, 1.807) is 0 Å². The van der Waals surface area contributed by atoms with Crippen LogP contribution in [0.2, 0.25) is 0 Å². The van der Waals surface area contributed by atoms with E-state index in [-0.39, 0.29) is 18.5 Å². The van der Waals surface area contributed by atoms with E-state index in [0.29, 0.717) is 5.13 Å². The second-order valence-corrected chi connectivity index (χ2v) is 5.73. The summed E-state index contributed by atoms with van der Waals surface area (Å²) in [7, 11) is 0. The maximum atomic E-state index is 5.60. The first-order valence-corrected chi connectivity index (χ1v) is 7.11. The van der Waals surface area contributed by atoms with Crippen LogP contribution in [-0.4, -0.2) is 11.1 Å². The van der Waals surface area contributed by atoms with Crippen LogP contribution >= 0.6 is 23.7 Å². The molecule has 0 spiro atoms. The number of nitrogens with zero attached hydrogens (tertiary/aromatic N) is 1. The summed E-state index contributed by atoms with van der Waals surface area (Å²) in [5, 5.41) is 3.98. The highest BCUT2D eigenvalue weighted by Gasteiger charge is 2.00. The molecule has 0 saturated carbocycles. The summed E-state index contributed by atoms with van der Waals surface area (Å²) >= 11 is 1.52. The number of hydrogen-bond acceptors (Lipinski definition) is 5. The number of halogens is 1. The van der Waals surface area contributed by atoms with E-state index in [2.05, 4.69) is 22.4 Å². The Balaban J connectivity index is 0.00000200. The van der Waals surface area contributed by atoms with Crippen molar-refractivity contribution in [1.82, 2.24) is 10.3 Å². The highest BCUT2D eigenvalue weighted by atomic mass is 35.5. The summed E-state index contributed by atoms with van der Waals surface area (Å²) in [5.74, 6) is 0.911. The van der Waals surface area contributed by atoms with Gasteiger partial charge in [-0.3, -0.25) is 0 Å². The fourth-order valence-electron chi connectivity index (χ4n) is 1.69. The van der Waals surface area contributed by atoms with Gasteiger partial charge in [-0.05, 0) is 31.5 Å².